The highest BCUT2D eigenvalue weighted by atomic mass is 16.4. The summed E-state index contributed by atoms with van der Waals surface area (Å²) in [5, 5.41) is 8.70. The molecule has 0 bridgehead atoms. The van der Waals surface area contributed by atoms with Crippen LogP contribution in [-0.2, 0) is 9.59 Å². The van der Waals surface area contributed by atoms with Gasteiger partial charge in [-0.1, -0.05) is 0 Å². The monoisotopic (exact) mass is 200 g/mol. The van der Waals surface area contributed by atoms with E-state index in [1.165, 1.54) is 0 Å². The van der Waals surface area contributed by atoms with Crippen molar-refractivity contribution in [3.63, 3.8) is 0 Å². The molecule has 1 saturated heterocycles. The Labute approximate surface area is 82.9 Å². The van der Waals surface area contributed by atoms with Crippen LogP contribution in [0.4, 0.5) is 0 Å². The molecule has 0 aromatic rings. The maximum absolute atomic E-state index is 11.0. The van der Waals surface area contributed by atoms with Crippen molar-refractivity contribution in [3.05, 3.63) is 0 Å². The minimum Gasteiger partial charge on any atom is -0.481 e. The summed E-state index contributed by atoms with van der Waals surface area (Å²) in [6.45, 7) is 4.38. The Morgan fingerprint density at radius 2 is 2.14 bits per heavy atom. The molecule has 80 valence electrons. The van der Waals surface area contributed by atoms with Gasteiger partial charge < -0.3 is 10.8 Å². The van der Waals surface area contributed by atoms with E-state index in [9.17, 15) is 9.59 Å². The first-order valence-electron chi connectivity index (χ1n) is 4.62. The summed E-state index contributed by atoms with van der Waals surface area (Å²) >= 11 is 0. The highest BCUT2D eigenvalue weighted by molar-refractivity contribution is 5.81. The summed E-state index contributed by atoms with van der Waals surface area (Å²) in [7, 11) is 0. The lowest BCUT2D eigenvalue weighted by molar-refractivity contribution is -0.145. The predicted molar refractivity (Wildman–Crippen MR) is 50.6 cm³/mol. The SMILES string of the molecule is CC(C)(CC(=O)O)N1CCC1C(N)=O. The van der Waals surface area contributed by atoms with Crippen LogP contribution in [0.5, 0.6) is 0 Å². The Kier molecular flexibility index (Phi) is 2.80. The number of amides is 1. The van der Waals surface area contributed by atoms with E-state index in [0.717, 1.165) is 13.0 Å². The molecule has 1 rings (SSSR count). The van der Waals surface area contributed by atoms with Crippen molar-refractivity contribution in [3.8, 4) is 0 Å². The third-order valence-corrected chi connectivity index (χ3v) is 2.71. The topological polar surface area (TPSA) is 83.6 Å². The van der Waals surface area contributed by atoms with Crippen LogP contribution >= 0.6 is 0 Å². The summed E-state index contributed by atoms with van der Waals surface area (Å²) in [4.78, 5) is 23.4. The van der Waals surface area contributed by atoms with E-state index in [0.29, 0.717) is 0 Å². The highest BCUT2D eigenvalue weighted by Gasteiger charge is 2.42. The minimum atomic E-state index is -0.856. The average Bonchev–Trinajstić information content (AvgIpc) is 1.75. The van der Waals surface area contributed by atoms with Crippen LogP contribution < -0.4 is 5.73 Å². The zero-order valence-corrected chi connectivity index (χ0v) is 8.49. The fraction of sp³-hybridized carbons (Fsp3) is 0.778. The third-order valence-electron chi connectivity index (χ3n) is 2.71. The number of aliphatic carboxylic acids is 1. The molecule has 0 saturated carbocycles. The molecule has 1 unspecified atom stereocenters. The normalized spacial score (nSPS) is 22.9. The minimum absolute atomic E-state index is 0.0246. The number of carbonyl (C=O) groups is 2. The number of likely N-dealkylation sites (tertiary alicyclic amines) is 1. The predicted octanol–water partition coefficient (Wildman–Crippen LogP) is -0.201. The van der Waals surface area contributed by atoms with Gasteiger partial charge in [-0.05, 0) is 20.3 Å². The summed E-state index contributed by atoms with van der Waals surface area (Å²) in [6, 6.07) is -0.288. The number of nitrogens with two attached hydrogens (primary N) is 1. The molecule has 1 aliphatic rings. The molecule has 0 radical (unpaired) electrons. The summed E-state index contributed by atoms with van der Waals surface area (Å²) in [5.74, 6) is -1.22. The van der Waals surface area contributed by atoms with Gasteiger partial charge in [0.2, 0.25) is 5.91 Å². The second-order valence-corrected chi connectivity index (χ2v) is 4.28. The van der Waals surface area contributed by atoms with Gasteiger partial charge in [-0.25, -0.2) is 0 Å². The van der Waals surface area contributed by atoms with Crippen molar-refractivity contribution in [2.75, 3.05) is 6.54 Å². The van der Waals surface area contributed by atoms with Gasteiger partial charge in [0.1, 0.15) is 0 Å². The lowest BCUT2D eigenvalue weighted by Crippen LogP contribution is -2.63. The van der Waals surface area contributed by atoms with Crippen LogP contribution in [0.3, 0.4) is 0 Å². The number of carboxylic acids is 1. The Morgan fingerprint density at radius 1 is 1.57 bits per heavy atom. The van der Waals surface area contributed by atoms with Gasteiger partial charge in [-0.15, -0.1) is 0 Å². The van der Waals surface area contributed by atoms with Gasteiger partial charge in [0.05, 0.1) is 12.5 Å². The van der Waals surface area contributed by atoms with Crippen molar-refractivity contribution in [2.45, 2.75) is 38.3 Å². The number of carboxylic acid groups (broad SMARTS) is 1. The Hall–Kier alpha value is -1.10. The first-order chi connectivity index (χ1) is 6.34. The number of hydrogen-bond donors (Lipinski definition) is 2. The van der Waals surface area contributed by atoms with Crippen molar-refractivity contribution in [2.24, 2.45) is 5.73 Å². The average molecular weight is 200 g/mol. The Bertz CT molecular complexity index is 263. The van der Waals surface area contributed by atoms with E-state index >= 15 is 0 Å². The molecule has 1 fully saturated rings. The molecule has 0 aromatic carbocycles. The van der Waals surface area contributed by atoms with E-state index in [2.05, 4.69) is 0 Å². The second kappa shape index (κ2) is 3.57. The van der Waals surface area contributed by atoms with Gasteiger partial charge in [0.25, 0.3) is 0 Å². The molecule has 1 aliphatic heterocycles. The standard InChI is InChI=1S/C9H16N2O3/c1-9(2,5-7(12)13)11-4-3-6(11)8(10)14/h6H,3-5H2,1-2H3,(H2,10,14)(H,12,13). The van der Waals surface area contributed by atoms with Crippen LogP contribution in [0, 0.1) is 0 Å². The van der Waals surface area contributed by atoms with Gasteiger partial charge in [-0.3, -0.25) is 14.5 Å². The molecular weight excluding hydrogens is 184 g/mol. The molecular formula is C9H16N2O3. The maximum Gasteiger partial charge on any atom is 0.305 e. The van der Waals surface area contributed by atoms with Gasteiger partial charge in [0, 0.05) is 12.1 Å². The third kappa shape index (κ3) is 2.04. The van der Waals surface area contributed by atoms with E-state index in [1.807, 2.05) is 18.7 Å². The van der Waals surface area contributed by atoms with Crippen LogP contribution in [-0.4, -0.2) is 40.0 Å². The van der Waals surface area contributed by atoms with Crippen LogP contribution in [0.1, 0.15) is 26.7 Å². The number of primary amides is 1. The van der Waals surface area contributed by atoms with Crippen molar-refractivity contribution in [1.29, 1.82) is 0 Å². The summed E-state index contributed by atoms with van der Waals surface area (Å²) < 4.78 is 0. The first kappa shape index (κ1) is 11.0. The number of rotatable bonds is 4. The summed E-state index contributed by atoms with van der Waals surface area (Å²) in [6.07, 6.45) is 0.759. The molecule has 0 spiro atoms. The zero-order valence-electron chi connectivity index (χ0n) is 8.49. The zero-order chi connectivity index (χ0) is 10.9. The second-order valence-electron chi connectivity index (χ2n) is 4.28. The summed E-state index contributed by atoms with van der Waals surface area (Å²) in [5.41, 5.74) is 4.69. The van der Waals surface area contributed by atoms with Crippen molar-refractivity contribution < 1.29 is 14.7 Å². The fourth-order valence-electron chi connectivity index (χ4n) is 1.88. The van der Waals surface area contributed by atoms with E-state index in [-0.39, 0.29) is 18.4 Å². The molecule has 0 aromatic heterocycles. The van der Waals surface area contributed by atoms with E-state index < -0.39 is 11.5 Å². The van der Waals surface area contributed by atoms with Crippen LogP contribution in [0.2, 0.25) is 0 Å². The lowest BCUT2D eigenvalue weighted by atomic mass is 9.89. The van der Waals surface area contributed by atoms with Gasteiger partial charge >= 0.3 is 5.97 Å². The molecule has 14 heavy (non-hydrogen) atoms. The molecule has 1 heterocycles. The first-order valence-corrected chi connectivity index (χ1v) is 4.62. The smallest absolute Gasteiger partial charge is 0.305 e. The number of hydrogen-bond acceptors (Lipinski definition) is 3. The molecule has 5 nitrogen and oxygen atoms in total. The molecule has 1 atom stereocenters. The van der Waals surface area contributed by atoms with Gasteiger partial charge in [0.15, 0.2) is 0 Å². The van der Waals surface area contributed by atoms with E-state index in [1.54, 1.807) is 0 Å². The van der Waals surface area contributed by atoms with Crippen molar-refractivity contribution >= 4 is 11.9 Å². The fourth-order valence-corrected chi connectivity index (χ4v) is 1.88. The molecule has 1 amide bonds. The Morgan fingerprint density at radius 3 is 2.43 bits per heavy atom. The van der Waals surface area contributed by atoms with Gasteiger partial charge in [-0.2, -0.15) is 0 Å². The molecule has 0 aliphatic carbocycles. The van der Waals surface area contributed by atoms with Crippen LogP contribution in [0.25, 0.3) is 0 Å². The Balaban J connectivity index is 2.64. The number of nitrogens with zero attached hydrogens (tertiary/aromatic N) is 1. The quantitative estimate of drug-likeness (QED) is 0.658. The molecule has 5 heteroatoms. The highest BCUT2D eigenvalue weighted by Crippen LogP contribution is 2.29. The van der Waals surface area contributed by atoms with Crippen LogP contribution in [0.15, 0.2) is 0 Å². The van der Waals surface area contributed by atoms with Crippen molar-refractivity contribution in [1.82, 2.24) is 4.90 Å². The maximum atomic E-state index is 11.0. The largest absolute Gasteiger partial charge is 0.481 e. The lowest BCUT2D eigenvalue weighted by Gasteiger charge is -2.48. The molecule has 3 N–H and O–H groups in total. The number of carbonyl (C=O) groups excluding carboxylic acids is 1. The van der Waals surface area contributed by atoms with E-state index in [4.69, 9.17) is 10.8 Å².